The Morgan fingerprint density at radius 2 is 1.69 bits per heavy atom. The molecule has 6 unspecified atom stereocenters. The summed E-state index contributed by atoms with van der Waals surface area (Å²) in [6, 6.07) is 8.99. The molecule has 2 aromatic rings. The zero-order valence-corrected chi connectivity index (χ0v) is 23.7. The maximum absolute atomic E-state index is 14.2. The molecule has 2 saturated heterocycles. The van der Waals surface area contributed by atoms with E-state index in [0.29, 0.717) is 16.0 Å². The molecule has 6 rings (SSSR count). The molecular formula is C29H23Cl2FN2O8. The fraction of sp³-hybridized carbons (Fsp3) is 0.345. The minimum atomic E-state index is -2.16. The number of hydrogen-bond acceptors (Lipinski definition) is 8. The van der Waals surface area contributed by atoms with Crippen LogP contribution in [0, 0.1) is 23.6 Å². The van der Waals surface area contributed by atoms with Crippen molar-refractivity contribution < 1.29 is 42.9 Å². The van der Waals surface area contributed by atoms with Gasteiger partial charge >= 0.3 is 6.09 Å². The molecule has 2 aromatic carbocycles. The van der Waals surface area contributed by atoms with Crippen LogP contribution in [0.1, 0.15) is 24.3 Å². The second kappa shape index (κ2) is 9.53. The third-order valence-corrected chi connectivity index (χ3v) is 10.2. The molecule has 0 spiro atoms. The number of halogens is 3. The van der Waals surface area contributed by atoms with Crippen LogP contribution in [-0.2, 0) is 23.9 Å². The number of carbonyl (C=O) groups excluding carboxylic acids is 5. The van der Waals surface area contributed by atoms with E-state index in [9.17, 15) is 33.5 Å². The van der Waals surface area contributed by atoms with Crippen LogP contribution in [0.25, 0.3) is 0 Å². The number of likely N-dealkylation sites (tertiary alicyclic amines) is 1. The van der Waals surface area contributed by atoms with Crippen molar-refractivity contribution in [2.45, 2.75) is 28.5 Å². The predicted molar refractivity (Wildman–Crippen MR) is 146 cm³/mol. The molecule has 4 aliphatic rings. The minimum Gasteiger partial charge on any atom is -0.504 e. The van der Waals surface area contributed by atoms with Gasteiger partial charge in [0.15, 0.2) is 21.2 Å². The highest BCUT2D eigenvalue weighted by Gasteiger charge is 2.76. The molecule has 6 atom stereocenters. The van der Waals surface area contributed by atoms with Gasteiger partial charge in [-0.1, -0.05) is 17.7 Å². The highest BCUT2D eigenvalue weighted by molar-refractivity contribution is 6.58. The molecule has 1 saturated carbocycles. The second-order valence-corrected chi connectivity index (χ2v) is 11.9. The van der Waals surface area contributed by atoms with Gasteiger partial charge in [-0.15, -0.1) is 23.2 Å². The summed E-state index contributed by atoms with van der Waals surface area (Å²) in [4.78, 5) is 64.4. The van der Waals surface area contributed by atoms with Gasteiger partial charge in [-0.3, -0.25) is 19.2 Å². The number of nitrogens with zero attached hydrogens (tertiary/aromatic N) is 2. The van der Waals surface area contributed by atoms with E-state index in [2.05, 4.69) is 4.74 Å². The standard InChI is InChI=1S/C29H23Cl2FN2O8/c1-41-20-10-3-13(11-19(20)35)22-16-8-9-17-21(24(37)34(23(17)36)27(40)42-2)18(16)12-28(30)25(38)33(26(39)29(22,28)31)15-6-4-14(32)5-7-15/h3-8,10-11,17-18,21-22,35H,9,12H2,1-2H3. The maximum atomic E-state index is 14.2. The van der Waals surface area contributed by atoms with Gasteiger partial charge in [0.05, 0.1) is 31.7 Å². The summed E-state index contributed by atoms with van der Waals surface area (Å²) in [6.45, 7) is 0. The number of phenolic OH excluding ortho intramolecular Hbond substituents is 1. The third kappa shape index (κ3) is 3.53. The molecule has 0 bridgehead atoms. The van der Waals surface area contributed by atoms with Gasteiger partial charge in [0.25, 0.3) is 11.8 Å². The highest BCUT2D eigenvalue weighted by Crippen LogP contribution is 2.66. The van der Waals surface area contributed by atoms with Gasteiger partial charge in [-0.2, -0.15) is 4.90 Å². The van der Waals surface area contributed by atoms with E-state index in [1.165, 1.54) is 31.4 Å². The van der Waals surface area contributed by atoms with E-state index < -0.39 is 69.0 Å². The van der Waals surface area contributed by atoms with E-state index in [-0.39, 0.29) is 30.0 Å². The molecule has 218 valence electrons. The zero-order chi connectivity index (χ0) is 30.3. The first-order valence-electron chi connectivity index (χ1n) is 13.0. The van der Waals surface area contributed by atoms with E-state index in [1.807, 2.05) is 0 Å². The normalized spacial score (nSPS) is 31.9. The molecule has 10 nitrogen and oxygen atoms in total. The number of benzene rings is 2. The SMILES string of the molecule is COC(=O)N1C(=O)C2CC=C3C(CC4(Cl)C(=O)N(c5ccc(F)cc5)C(=O)C4(Cl)C3c3ccc(OC)c(O)c3)C2C1=O. The van der Waals surface area contributed by atoms with Crippen LogP contribution in [0.15, 0.2) is 54.1 Å². The number of anilines is 1. The number of hydrogen-bond donors (Lipinski definition) is 1. The smallest absolute Gasteiger partial charge is 0.423 e. The van der Waals surface area contributed by atoms with Crippen LogP contribution in [0.3, 0.4) is 0 Å². The first kappa shape index (κ1) is 28.2. The Kier molecular flexibility index (Phi) is 6.39. The largest absolute Gasteiger partial charge is 0.504 e. The number of ether oxygens (including phenoxy) is 2. The number of allylic oxidation sites excluding steroid dienone is 2. The third-order valence-electron chi connectivity index (χ3n) is 8.79. The van der Waals surface area contributed by atoms with Crippen molar-refractivity contribution in [2.75, 3.05) is 19.1 Å². The second-order valence-electron chi connectivity index (χ2n) is 10.7. The number of phenols is 1. The number of imide groups is 4. The summed E-state index contributed by atoms with van der Waals surface area (Å²) in [6.07, 6.45) is 0.275. The van der Waals surface area contributed by atoms with Gasteiger partial charge in [0, 0.05) is 5.92 Å². The van der Waals surface area contributed by atoms with Crippen LogP contribution < -0.4 is 9.64 Å². The van der Waals surface area contributed by atoms with Gasteiger partial charge in [0.1, 0.15) is 5.82 Å². The molecule has 1 N–H and O–H groups in total. The van der Waals surface area contributed by atoms with E-state index >= 15 is 0 Å². The average molecular weight is 617 g/mol. The summed E-state index contributed by atoms with van der Waals surface area (Å²) in [5, 5.41) is 10.7. The fourth-order valence-corrected chi connectivity index (χ4v) is 7.87. The molecule has 13 heteroatoms. The van der Waals surface area contributed by atoms with Gasteiger partial charge in [-0.05, 0) is 60.7 Å². The molecule has 5 amide bonds. The zero-order valence-electron chi connectivity index (χ0n) is 22.2. The molecule has 2 aliphatic heterocycles. The first-order chi connectivity index (χ1) is 19.9. The Morgan fingerprint density at radius 1 is 1.00 bits per heavy atom. The maximum Gasteiger partial charge on any atom is 0.423 e. The minimum absolute atomic E-state index is 0.0380. The summed E-state index contributed by atoms with van der Waals surface area (Å²) in [7, 11) is 2.40. The first-order valence-corrected chi connectivity index (χ1v) is 13.7. The Hall–Kier alpha value is -3.96. The Bertz CT molecular complexity index is 1610. The van der Waals surface area contributed by atoms with Crippen molar-refractivity contribution in [1.29, 1.82) is 0 Å². The van der Waals surface area contributed by atoms with Crippen molar-refractivity contribution >= 4 is 58.6 Å². The Morgan fingerprint density at radius 3 is 2.31 bits per heavy atom. The molecule has 3 fully saturated rings. The average Bonchev–Trinajstić information content (AvgIpc) is 3.31. The Labute approximate surface area is 248 Å². The fourth-order valence-electron chi connectivity index (χ4n) is 6.93. The predicted octanol–water partition coefficient (Wildman–Crippen LogP) is 3.87. The van der Waals surface area contributed by atoms with Crippen molar-refractivity contribution in [2.24, 2.45) is 17.8 Å². The van der Waals surface area contributed by atoms with Crippen LogP contribution in [0.4, 0.5) is 14.9 Å². The number of rotatable bonds is 3. The van der Waals surface area contributed by atoms with Gasteiger partial charge in [-0.25, -0.2) is 14.1 Å². The molecular weight excluding hydrogens is 594 g/mol. The number of methoxy groups -OCH3 is 2. The lowest BCUT2D eigenvalue weighted by molar-refractivity contribution is -0.138. The van der Waals surface area contributed by atoms with Crippen molar-refractivity contribution in [3.8, 4) is 11.5 Å². The molecule has 42 heavy (non-hydrogen) atoms. The molecule has 0 aromatic heterocycles. The molecule has 2 aliphatic carbocycles. The number of carbonyl (C=O) groups is 5. The highest BCUT2D eigenvalue weighted by atomic mass is 35.5. The molecule has 2 heterocycles. The summed E-state index contributed by atoms with van der Waals surface area (Å²) < 4.78 is 23.5. The number of fused-ring (bicyclic) bond motifs is 4. The quantitative estimate of drug-likeness (QED) is 0.312. The lowest BCUT2D eigenvalue weighted by Crippen LogP contribution is -2.60. The number of alkyl halides is 2. The van der Waals surface area contributed by atoms with Crippen molar-refractivity contribution in [1.82, 2.24) is 4.90 Å². The summed E-state index contributed by atoms with van der Waals surface area (Å²) in [5.41, 5.74) is 0.796. The number of aromatic hydroxyl groups is 1. The van der Waals surface area contributed by atoms with Crippen LogP contribution in [0.5, 0.6) is 11.5 Å². The molecule has 0 radical (unpaired) electrons. The van der Waals surface area contributed by atoms with E-state index in [0.717, 1.165) is 24.1 Å². The van der Waals surface area contributed by atoms with Crippen LogP contribution in [0.2, 0.25) is 0 Å². The van der Waals surface area contributed by atoms with Gasteiger partial charge in [0.2, 0.25) is 11.8 Å². The van der Waals surface area contributed by atoms with E-state index in [1.54, 1.807) is 12.1 Å². The van der Waals surface area contributed by atoms with Crippen molar-refractivity contribution in [3.05, 3.63) is 65.5 Å². The van der Waals surface area contributed by atoms with Crippen LogP contribution >= 0.6 is 23.2 Å². The van der Waals surface area contributed by atoms with E-state index in [4.69, 9.17) is 27.9 Å². The van der Waals surface area contributed by atoms with Crippen molar-refractivity contribution in [3.63, 3.8) is 0 Å². The summed E-state index contributed by atoms with van der Waals surface area (Å²) in [5.74, 6) is -8.11. The van der Waals surface area contributed by atoms with Crippen LogP contribution in [-0.4, -0.2) is 63.7 Å². The monoisotopic (exact) mass is 616 g/mol. The lowest BCUT2D eigenvalue weighted by atomic mass is 9.56. The summed E-state index contributed by atoms with van der Waals surface area (Å²) >= 11 is 14.4. The number of amides is 5. The Balaban J connectivity index is 1.56. The lowest BCUT2D eigenvalue weighted by Gasteiger charge is -2.50. The van der Waals surface area contributed by atoms with Gasteiger partial charge < -0.3 is 14.6 Å². The topological polar surface area (TPSA) is 131 Å².